The van der Waals surface area contributed by atoms with Crippen LogP contribution in [0.2, 0.25) is 10.0 Å². The number of nitrogens with one attached hydrogen (secondary N) is 1. The van der Waals surface area contributed by atoms with Crippen LogP contribution in [0.3, 0.4) is 0 Å². The molecule has 0 radical (unpaired) electrons. The van der Waals surface area contributed by atoms with Crippen LogP contribution in [-0.2, 0) is 17.9 Å². The normalized spacial score (nSPS) is 10.9. The van der Waals surface area contributed by atoms with E-state index in [-0.39, 0.29) is 0 Å². The van der Waals surface area contributed by atoms with Crippen molar-refractivity contribution in [1.82, 2.24) is 5.32 Å². The van der Waals surface area contributed by atoms with Gasteiger partial charge in [-0.15, -0.1) is 0 Å². The fourth-order valence-corrected chi connectivity index (χ4v) is 3.43. The second-order valence-corrected chi connectivity index (χ2v) is 7.51. The first kappa shape index (κ1) is 22.3. The molecule has 148 valence electrons. The van der Waals surface area contributed by atoms with Crippen LogP contribution in [0.1, 0.15) is 24.5 Å². The van der Waals surface area contributed by atoms with Crippen LogP contribution in [0.4, 0.5) is 0 Å². The summed E-state index contributed by atoms with van der Waals surface area (Å²) in [5.74, 6) is 1.37. The lowest BCUT2D eigenvalue weighted by atomic mass is 10.1. The molecule has 0 amide bonds. The van der Waals surface area contributed by atoms with Crippen LogP contribution >= 0.6 is 39.1 Å². The van der Waals surface area contributed by atoms with Crippen molar-refractivity contribution < 1.29 is 14.2 Å². The van der Waals surface area contributed by atoms with Crippen molar-refractivity contribution >= 4 is 39.1 Å². The summed E-state index contributed by atoms with van der Waals surface area (Å²) in [5, 5.41) is 4.59. The summed E-state index contributed by atoms with van der Waals surface area (Å²) in [5.41, 5.74) is 1.86. The average Bonchev–Trinajstić information content (AvgIpc) is 2.65. The number of ether oxygens (including phenoxy) is 3. The summed E-state index contributed by atoms with van der Waals surface area (Å²) < 4.78 is 17.9. The first-order chi connectivity index (χ1) is 13.1. The van der Waals surface area contributed by atoms with Gasteiger partial charge in [0.2, 0.25) is 0 Å². The molecule has 0 saturated carbocycles. The summed E-state index contributed by atoms with van der Waals surface area (Å²) in [6.07, 6.45) is 0.950. The van der Waals surface area contributed by atoms with Gasteiger partial charge in [0.25, 0.3) is 0 Å². The Morgan fingerprint density at radius 1 is 1.15 bits per heavy atom. The Kier molecular flexibility index (Phi) is 9.73. The van der Waals surface area contributed by atoms with E-state index < -0.39 is 0 Å². The Morgan fingerprint density at radius 3 is 2.67 bits per heavy atom. The quantitative estimate of drug-likeness (QED) is 0.412. The monoisotopic (exact) mass is 475 g/mol. The Balaban J connectivity index is 2.09. The molecule has 2 aromatic carbocycles. The maximum atomic E-state index is 6.26. The molecular formula is C20H24BrCl2NO3. The van der Waals surface area contributed by atoms with Gasteiger partial charge in [-0.05, 0) is 44.2 Å². The molecule has 4 nitrogen and oxygen atoms in total. The van der Waals surface area contributed by atoms with Crippen LogP contribution in [0.15, 0.2) is 34.8 Å². The third-order valence-electron chi connectivity index (χ3n) is 3.92. The molecule has 0 aliphatic rings. The van der Waals surface area contributed by atoms with Gasteiger partial charge in [-0.1, -0.05) is 45.2 Å². The SMILES string of the molecule is CCOCCCNCc1c(Br)ccc(OC)c1OCc1ccc(Cl)cc1Cl. The Labute approximate surface area is 179 Å². The van der Waals surface area contributed by atoms with Gasteiger partial charge < -0.3 is 19.5 Å². The molecule has 0 bridgehead atoms. The molecule has 1 N–H and O–H groups in total. The Morgan fingerprint density at radius 2 is 1.96 bits per heavy atom. The molecule has 7 heteroatoms. The van der Waals surface area contributed by atoms with E-state index in [2.05, 4.69) is 21.2 Å². The number of hydrogen-bond acceptors (Lipinski definition) is 4. The number of rotatable bonds is 11. The first-order valence-electron chi connectivity index (χ1n) is 8.77. The maximum absolute atomic E-state index is 6.26. The van der Waals surface area contributed by atoms with Crippen molar-refractivity contribution in [2.75, 3.05) is 26.9 Å². The van der Waals surface area contributed by atoms with Gasteiger partial charge in [0, 0.05) is 45.4 Å². The molecule has 0 saturated heterocycles. The van der Waals surface area contributed by atoms with Crippen molar-refractivity contribution in [3.05, 3.63) is 56.0 Å². The third-order valence-corrected chi connectivity index (χ3v) is 5.25. The number of halogens is 3. The summed E-state index contributed by atoms with van der Waals surface area (Å²) in [6, 6.07) is 9.20. The van der Waals surface area contributed by atoms with E-state index in [0.717, 1.165) is 41.8 Å². The highest BCUT2D eigenvalue weighted by Gasteiger charge is 2.15. The second-order valence-electron chi connectivity index (χ2n) is 5.81. The predicted molar refractivity (Wildman–Crippen MR) is 114 cm³/mol. The lowest BCUT2D eigenvalue weighted by Crippen LogP contribution is -2.17. The number of methoxy groups -OCH3 is 1. The molecule has 0 aliphatic carbocycles. The average molecular weight is 477 g/mol. The lowest BCUT2D eigenvalue weighted by molar-refractivity contribution is 0.144. The van der Waals surface area contributed by atoms with Crippen molar-refractivity contribution in [1.29, 1.82) is 0 Å². The van der Waals surface area contributed by atoms with E-state index in [4.69, 9.17) is 37.4 Å². The molecule has 0 spiro atoms. The van der Waals surface area contributed by atoms with Crippen LogP contribution in [0, 0.1) is 0 Å². The van der Waals surface area contributed by atoms with E-state index in [1.54, 1.807) is 19.2 Å². The van der Waals surface area contributed by atoms with Gasteiger partial charge in [0.05, 0.1) is 7.11 Å². The molecule has 0 unspecified atom stereocenters. The fraction of sp³-hybridized carbons (Fsp3) is 0.400. The van der Waals surface area contributed by atoms with E-state index in [9.17, 15) is 0 Å². The first-order valence-corrected chi connectivity index (χ1v) is 10.3. The number of hydrogen-bond donors (Lipinski definition) is 1. The summed E-state index contributed by atoms with van der Waals surface area (Å²) >= 11 is 15.8. The summed E-state index contributed by atoms with van der Waals surface area (Å²) in [4.78, 5) is 0. The van der Waals surface area contributed by atoms with Gasteiger partial charge in [0.1, 0.15) is 6.61 Å². The highest BCUT2D eigenvalue weighted by Crippen LogP contribution is 2.37. The second kappa shape index (κ2) is 11.8. The molecule has 0 atom stereocenters. The minimum atomic E-state index is 0.320. The predicted octanol–water partition coefficient (Wildman–Crippen LogP) is 5.86. The molecule has 0 aliphatic heterocycles. The molecule has 2 aromatic rings. The van der Waals surface area contributed by atoms with Crippen LogP contribution in [-0.4, -0.2) is 26.9 Å². The zero-order valence-corrected chi connectivity index (χ0v) is 18.6. The minimum Gasteiger partial charge on any atom is -0.493 e. The zero-order chi connectivity index (χ0) is 19.6. The molecule has 2 rings (SSSR count). The molecule has 27 heavy (non-hydrogen) atoms. The van der Waals surface area contributed by atoms with E-state index >= 15 is 0 Å². The van der Waals surface area contributed by atoms with Crippen LogP contribution in [0.25, 0.3) is 0 Å². The van der Waals surface area contributed by atoms with Crippen molar-refractivity contribution in [2.24, 2.45) is 0 Å². The van der Waals surface area contributed by atoms with Gasteiger partial charge >= 0.3 is 0 Å². The highest BCUT2D eigenvalue weighted by molar-refractivity contribution is 9.10. The van der Waals surface area contributed by atoms with E-state index in [0.29, 0.717) is 34.7 Å². The Hall–Kier alpha value is -0.980. The van der Waals surface area contributed by atoms with Gasteiger partial charge in [0.15, 0.2) is 11.5 Å². The van der Waals surface area contributed by atoms with Gasteiger partial charge in [-0.25, -0.2) is 0 Å². The van der Waals surface area contributed by atoms with Gasteiger partial charge in [-0.3, -0.25) is 0 Å². The zero-order valence-electron chi connectivity index (χ0n) is 15.5. The summed E-state index contributed by atoms with van der Waals surface area (Å²) in [7, 11) is 1.63. The van der Waals surface area contributed by atoms with Crippen LogP contribution in [0.5, 0.6) is 11.5 Å². The highest BCUT2D eigenvalue weighted by atomic mass is 79.9. The van der Waals surface area contributed by atoms with Crippen molar-refractivity contribution in [3.63, 3.8) is 0 Å². The lowest BCUT2D eigenvalue weighted by Gasteiger charge is -2.17. The van der Waals surface area contributed by atoms with Crippen LogP contribution < -0.4 is 14.8 Å². The standard InChI is InChI=1S/C20H24BrCl2NO3/c1-3-26-10-4-9-24-12-16-17(21)7-8-19(25-2)20(16)27-13-14-5-6-15(22)11-18(14)23/h5-8,11,24H,3-4,9-10,12-13H2,1-2H3. The maximum Gasteiger partial charge on any atom is 0.167 e. The number of benzene rings is 2. The smallest absolute Gasteiger partial charge is 0.167 e. The molecular weight excluding hydrogens is 453 g/mol. The van der Waals surface area contributed by atoms with E-state index in [1.807, 2.05) is 25.1 Å². The topological polar surface area (TPSA) is 39.7 Å². The molecule has 0 heterocycles. The Bertz CT molecular complexity index is 743. The molecule has 0 aromatic heterocycles. The van der Waals surface area contributed by atoms with Crippen molar-refractivity contribution in [2.45, 2.75) is 26.5 Å². The van der Waals surface area contributed by atoms with Crippen molar-refractivity contribution in [3.8, 4) is 11.5 Å². The van der Waals surface area contributed by atoms with E-state index in [1.165, 1.54) is 0 Å². The van der Waals surface area contributed by atoms with Gasteiger partial charge in [-0.2, -0.15) is 0 Å². The molecule has 0 fully saturated rings. The largest absolute Gasteiger partial charge is 0.493 e. The minimum absolute atomic E-state index is 0.320. The fourth-order valence-electron chi connectivity index (χ4n) is 2.51. The summed E-state index contributed by atoms with van der Waals surface area (Å²) in [6.45, 7) is 5.31. The third kappa shape index (κ3) is 6.84.